The molecule has 0 aliphatic rings. The van der Waals surface area contributed by atoms with Crippen molar-refractivity contribution >= 4 is 33.3 Å². The molecule has 0 saturated carbocycles. The van der Waals surface area contributed by atoms with Gasteiger partial charge in [-0.1, -0.05) is 36.4 Å². The monoisotopic (exact) mass is 395 g/mol. The van der Waals surface area contributed by atoms with Gasteiger partial charge in [-0.15, -0.1) is 0 Å². The van der Waals surface area contributed by atoms with Gasteiger partial charge in [0.15, 0.2) is 0 Å². The summed E-state index contributed by atoms with van der Waals surface area (Å²) in [5.41, 5.74) is 3.97. The number of carbonyl (C=O) groups is 1. The average Bonchev–Trinajstić information content (AvgIpc) is 2.62. The topological polar surface area (TPSA) is 54.0 Å². The lowest BCUT2D eigenvalue weighted by Gasteiger charge is -2.10. The van der Waals surface area contributed by atoms with Crippen LogP contribution in [0.3, 0.4) is 0 Å². The summed E-state index contributed by atoms with van der Waals surface area (Å²) in [5, 5.41) is 6.14. The van der Waals surface area contributed by atoms with E-state index >= 15 is 0 Å². The summed E-state index contributed by atoms with van der Waals surface area (Å²) in [5.74, 6) is 0.322. The highest BCUT2D eigenvalue weighted by atomic mass is 79.9. The molecule has 0 aliphatic carbocycles. The van der Waals surface area contributed by atoms with Crippen molar-refractivity contribution in [3.8, 4) is 0 Å². The third-order valence-electron chi connectivity index (χ3n) is 3.87. The molecule has 2 N–H and O–H groups in total. The molecule has 3 aromatic rings. The van der Waals surface area contributed by atoms with Crippen LogP contribution in [0.15, 0.2) is 71.3 Å². The average molecular weight is 396 g/mol. The van der Waals surface area contributed by atoms with E-state index in [2.05, 4.69) is 50.6 Å². The molecule has 126 valence electrons. The third-order valence-corrected chi connectivity index (χ3v) is 4.56. The Morgan fingerprint density at radius 3 is 2.52 bits per heavy atom. The Labute approximate surface area is 155 Å². The summed E-state index contributed by atoms with van der Waals surface area (Å²) in [4.78, 5) is 16.6. The van der Waals surface area contributed by atoms with E-state index < -0.39 is 0 Å². The number of anilines is 2. The lowest BCUT2D eigenvalue weighted by molar-refractivity contribution is 0.102. The fourth-order valence-corrected chi connectivity index (χ4v) is 2.87. The normalized spacial score (nSPS) is 10.3. The summed E-state index contributed by atoms with van der Waals surface area (Å²) < 4.78 is 0.754. The van der Waals surface area contributed by atoms with Gasteiger partial charge in [-0.05, 0) is 58.2 Å². The number of amides is 1. The van der Waals surface area contributed by atoms with E-state index in [4.69, 9.17) is 0 Å². The first-order valence-corrected chi connectivity index (χ1v) is 8.73. The number of hydrogen-bond donors (Lipinski definition) is 2. The number of nitrogens with one attached hydrogen (secondary N) is 2. The van der Waals surface area contributed by atoms with E-state index in [0.717, 1.165) is 16.7 Å². The van der Waals surface area contributed by atoms with Crippen molar-refractivity contribution in [1.82, 2.24) is 4.98 Å². The molecule has 1 heterocycles. The van der Waals surface area contributed by atoms with Gasteiger partial charge in [0.1, 0.15) is 5.82 Å². The zero-order valence-electron chi connectivity index (χ0n) is 13.8. The van der Waals surface area contributed by atoms with Crippen LogP contribution in [0.2, 0.25) is 0 Å². The SMILES string of the molecule is Cc1ccccc1CNc1ccc(NC(=O)c2ccccc2Br)nc1. The van der Waals surface area contributed by atoms with Crippen molar-refractivity contribution in [1.29, 1.82) is 0 Å². The number of rotatable bonds is 5. The van der Waals surface area contributed by atoms with Crippen LogP contribution in [-0.4, -0.2) is 10.9 Å². The number of nitrogens with zero attached hydrogens (tertiary/aromatic N) is 1. The molecule has 0 atom stereocenters. The number of aryl methyl sites for hydroxylation is 1. The van der Waals surface area contributed by atoms with Gasteiger partial charge in [-0.25, -0.2) is 4.98 Å². The summed E-state index contributed by atoms with van der Waals surface area (Å²) >= 11 is 3.38. The molecule has 25 heavy (non-hydrogen) atoms. The molecule has 1 aromatic heterocycles. The molecule has 0 saturated heterocycles. The van der Waals surface area contributed by atoms with E-state index in [1.807, 2.05) is 36.4 Å². The zero-order chi connectivity index (χ0) is 17.6. The van der Waals surface area contributed by atoms with Crippen LogP contribution in [-0.2, 0) is 6.54 Å². The number of carbonyl (C=O) groups excluding carboxylic acids is 1. The van der Waals surface area contributed by atoms with Crippen molar-refractivity contribution in [3.63, 3.8) is 0 Å². The van der Waals surface area contributed by atoms with Crippen molar-refractivity contribution in [3.05, 3.63) is 88.0 Å². The molecule has 0 fully saturated rings. The molecule has 5 heteroatoms. The predicted molar refractivity (Wildman–Crippen MR) is 105 cm³/mol. The molecule has 1 amide bonds. The lowest BCUT2D eigenvalue weighted by atomic mass is 10.1. The van der Waals surface area contributed by atoms with Gasteiger partial charge in [-0.3, -0.25) is 4.79 Å². The second kappa shape index (κ2) is 7.94. The minimum atomic E-state index is -0.194. The number of halogens is 1. The van der Waals surface area contributed by atoms with Crippen LogP contribution in [0.5, 0.6) is 0 Å². The van der Waals surface area contributed by atoms with Gasteiger partial charge in [0, 0.05) is 11.0 Å². The molecule has 4 nitrogen and oxygen atoms in total. The van der Waals surface area contributed by atoms with E-state index in [-0.39, 0.29) is 5.91 Å². The molecular weight excluding hydrogens is 378 g/mol. The first-order valence-electron chi connectivity index (χ1n) is 7.94. The fourth-order valence-electron chi connectivity index (χ4n) is 2.41. The largest absolute Gasteiger partial charge is 0.380 e. The third kappa shape index (κ3) is 4.45. The van der Waals surface area contributed by atoms with Crippen molar-refractivity contribution < 1.29 is 4.79 Å². The van der Waals surface area contributed by atoms with Gasteiger partial charge >= 0.3 is 0 Å². The standard InChI is InChI=1S/C20H18BrN3O/c1-14-6-2-3-7-15(14)12-22-16-10-11-19(23-13-16)24-20(25)17-8-4-5-9-18(17)21/h2-11,13,22H,12H2,1H3,(H,23,24,25). The maximum Gasteiger partial charge on any atom is 0.257 e. The molecule has 0 bridgehead atoms. The number of hydrogen-bond acceptors (Lipinski definition) is 3. The Hall–Kier alpha value is -2.66. The summed E-state index contributed by atoms with van der Waals surface area (Å²) in [7, 11) is 0. The Bertz CT molecular complexity index is 878. The minimum Gasteiger partial charge on any atom is -0.380 e. The Balaban J connectivity index is 1.62. The highest BCUT2D eigenvalue weighted by Gasteiger charge is 2.10. The van der Waals surface area contributed by atoms with Crippen LogP contribution in [0.4, 0.5) is 11.5 Å². The van der Waals surface area contributed by atoms with Crippen LogP contribution in [0.1, 0.15) is 21.5 Å². The van der Waals surface area contributed by atoms with E-state index in [0.29, 0.717) is 11.4 Å². The van der Waals surface area contributed by atoms with Crippen molar-refractivity contribution in [2.45, 2.75) is 13.5 Å². The minimum absolute atomic E-state index is 0.194. The van der Waals surface area contributed by atoms with Crippen LogP contribution in [0.25, 0.3) is 0 Å². The zero-order valence-corrected chi connectivity index (χ0v) is 15.4. The quantitative estimate of drug-likeness (QED) is 0.637. The van der Waals surface area contributed by atoms with Gasteiger partial charge in [0.25, 0.3) is 5.91 Å². The van der Waals surface area contributed by atoms with Crippen molar-refractivity contribution in [2.75, 3.05) is 10.6 Å². The lowest BCUT2D eigenvalue weighted by Crippen LogP contribution is -2.13. The van der Waals surface area contributed by atoms with E-state index in [9.17, 15) is 4.79 Å². The molecule has 0 spiro atoms. The Morgan fingerprint density at radius 2 is 1.80 bits per heavy atom. The smallest absolute Gasteiger partial charge is 0.257 e. The van der Waals surface area contributed by atoms with Gasteiger partial charge in [-0.2, -0.15) is 0 Å². The number of benzene rings is 2. The van der Waals surface area contributed by atoms with Gasteiger partial charge in [0.2, 0.25) is 0 Å². The van der Waals surface area contributed by atoms with Gasteiger partial charge < -0.3 is 10.6 Å². The van der Waals surface area contributed by atoms with E-state index in [1.165, 1.54) is 11.1 Å². The van der Waals surface area contributed by atoms with Crippen LogP contribution < -0.4 is 10.6 Å². The number of aromatic nitrogens is 1. The highest BCUT2D eigenvalue weighted by molar-refractivity contribution is 9.10. The Kier molecular flexibility index (Phi) is 5.46. The summed E-state index contributed by atoms with van der Waals surface area (Å²) in [6, 6.07) is 19.2. The second-order valence-electron chi connectivity index (χ2n) is 5.65. The molecule has 0 radical (unpaired) electrons. The maximum atomic E-state index is 12.3. The fraction of sp³-hybridized carbons (Fsp3) is 0.100. The molecular formula is C20H18BrN3O. The summed E-state index contributed by atoms with van der Waals surface area (Å²) in [6.45, 7) is 2.83. The van der Waals surface area contributed by atoms with Gasteiger partial charge in [0.05, 0.1) is 17.4 Å². The first kappa shape index (κ1) is 17.2. The Morgan fingerprint density at radius 1 is 1.04 bits per heavy atom. The van der Waals surface area contributed by atoms with Crippen LogP contribution in [0, 0.1) is 6.92 Å². The van der Waals surface area contributed by atoms with E-state index in [1.54, 1.807) is 18.3 Å². The molecule has 3 rings (SSSR count). The maximum absolute atomic E-state index is 12.3. The highest BCUT2D eigenvalue weighted by Crippen LogP contribution is 2.18. The first-order chi connectivity index (χ1) is 12.1. The summed E-state index contributed by atoms with van der Waals surface area (Å²) in [6.07, 6.45) is 1.72. The second-order valence-corrected chi connectivity index (χ2v) is 6.50. The molecule has 0 unspecified atom stereocenters. The number of pyridine rings is 1. The van der Waals surface area contributed by atoms with Crippen LogP contribution >= 0.6 is 15.9 Å². The van der Waals surface area contributed by atoms with Crippen molar-refractivity contribution in [2.24, 2.45) is 0 Å². The predicted octanol–water partition coefficient (Wildman–Crippen LogP) is 5.02. The molecule has 2 aromatic carbocycles. The molecule has 0 aliphatic heterocycles.